The van der Waals surface area contributed by atoms with Gasteiger partial charge in [-0.05, 0) is 30.4 Å². The first-order valence-electron chi connectivity index (χ1n) is 8.51. The summed E-state index contributed by atoms with van der Waals surface area (Å²) in [5.41, 5.74) is 1.07. The Morgan fingerprint density at radius 3 is 2.71 bits per heavy atom. The van der Waals surface area contributed by atoms with Gasteiger partial charge in [0, 0.05) is 19.6 Å². The van der Waals surface area contributed by atoms with E-state index in [4.69, 9.17) is 4.74 Å². The lowest BCUT2D eigenvalue weighted by molar-refractivity contribution is -0.128. The maximum absolute atomic E-state index is 12.4. The summed E-state index contributed by atoms with van der Waals surface area (Å²) in [6.07, 6.45) is 0.960. The summed E-state index contributed by atoms with van der Waals surface area (Å²) < 4.78 is 5.43. The molecule has 2 unspecified atom stereocenters. The minimum atomic E-state index is -0.385. The fourth-order valence-electron chi connectivity index (χ4n) is 3.52. The largest absolute Gasteiger partial charge is 0.495 e. The highest BCUT2D eigenvalue weighted by molar-refractivity contribution is 6.04. The number of methoxy groups -OCH3 is 1. The van der Waals surface area contributed by atoms with Crippen LogP contribution in [0.2, 0.25) is 0 Å². The van der Waals surface area contributed by atoms with E-state index in [1.54, 1.807) is 7.11 Å². The molecule has 6 nitrogen and oxygen atoms in total. The van der Waals surface area contributed by atoms with Crippen LogP contribution in [-0.4, -0.2) is 49.6 Å². The molecule has 130 valence electrons. The Labute approximate surface area is 142 Å². The molecule has 2 aliphatic rings. The van der Waals surface area contributed by atoms with Crippen LogP contribution < -0.4 is 15.0 Å². The average Bonchev–Trinajstić information content (AvgIpc) is 3.15. The monoisotopic (exact) mass is 331 g/mol. The summed E-state index contributed by atoms with van der Waals surface area (Å²) in [6.45, 7) is 6.11. The standard InChI is InChI=1S/C18H25N3O3/c1-12(2)16-17(22)21(18(23)19-16)11-13-8-9-20(10-13)14-6-4-5-7-15(14)24-3/h4-7,12-13,16H,8-11H2,1-3H3,(H,19,23). The second-order valence-corrected chi connectivity index (χ2v) is 6.89. The number of nitrogens with zero attached hydrogens (tertiary/aromatic N) is 2. The Hall–Kier alpha value is -2.24. The van der Waals surface area contributed by atoms with Crippen molar-refractivity contribution in [3.8, 4) is 5.75 Å². The van der Waals surface area contributed by atoms with Crippen LogP contribution in [0.25, 0.3) is 0 Å². The third-order valence-corrected chi connectivity index (χ3v) is 4.88. The summed E-state index contributed by atoms with van der Waals surface area (Å²) in [5.74, 6) is 1.16. The van der Waals surface area contributed by atoms with E-state index >= 15 is 0 Å². The molecule has 0 spiro atoms. The van der Waals surface area contributed by atoms with Crippen LogP contribution in [0.5, 0.6) is 5.75 Å². The Balaban J connectivity index is 1.64. The third kappa shape index (κ3) is 3.05. The second-order valence-electron chi connectivity index (χ2n) is 6.89. The van der Waals surface area contributed by atoms with Crippen molar-refractivity contribution in [1.29, 1.82) is 0 Å². The molecule has 2 fully saturated rings. The van der Waals surface area contributed by atoms with Gasteiger partial charge in [0.25, 0.3) is 5.91 Å². The van der Waals surface area contributed by atoms with E-state index in [9.17, 15) is 9.59 Å². The summed E-state index contributed by atoms with van der Waals surface area (Å²) in [7, 11) is 1.67. The van der Waals surface area contributed by atoms with E-state index in [-0.39, 0.29) is 29.8 Å². The van der Waals surface area contributed by atoms with Crippen molar-refractivity contribution < 1.29 is 14.3 Å². The number of amides is 3. The van der Waals surface area contributed by atoms with E-state index in [2.05, 4.69) is 10.2 Å². The van der Waals surface area contributed by atoms with Crippen LogP contribution in [0.4, 0.5) is 10.5 Å². The lowest BCUT2D eigenvalue weighted by Gasteiger charge is -2.22. The Kier molecular flexibility index (Phi) is 4.64. The van der Waals surface area contributed by atoms with Crippen LogP contribution in [0.3, 0.4) is 0 Å². The maximum Gasteiger partial charge on any atom is 0.324 e. The molecule has 1 aromatic rings. The van der Waals surface area contributed by atoms with Crippen LogP contribution in [-0.2, 0) is 4.79 Å². The minimum absolute atomic E-state index is 0.0919. The van der Waals surface area contributed by atoms with E-state index < -0.39 is 0 Å². The van der Waals surface area contributed by atoms with E-state index in [1.807, 2.05) is 38.1 Å². The van der Waals surface area contributed by atoms with Gasteiger partial charge in [-0.1, -0.05) is 26.0 Å². The average molecular weight is 331 g/mol. The van der Waals surface area contributed by atoms with Gasteiger partial charge in [0.2, 0.25) is 0 Å². The summed E-state index contributed by atoms with van der Waals surface area (Å²) in [6, 6.07) is 7.31. The SMILES string of the molecule is COc1ccccc1N1CCC(CN2C(=O)NC(C(C)C)C2=O)C1. The molecule has 2 aliphatic heterocycles. The fourth-order valence-corrected chi connectivity index (χ4v) is 3.52. The van der Waals surface area contributed by atoms with Crippen molar-refractivity contribution in [3.63, 3.8) is 0 Å². The Morgan fingerprint density at radius 1 is 1.29 bits per heavy atom. The summed E-state index contributed by atoms with van der Waals surface area (Å²) in [4.78, 5) is 28.2. The molecule has 0 radical (unpaired) electrons. The Bertz CT molecular complexity index is 632. The molecule has 6 heteroatoms. The highest BCUT2D eigenvalue weighted by Gasteiger charge is 2.41. The molecular formula is C18H25N3O3. The zero-order valence-electron chi connectivity index (χ0n) is 14.5. The first-order chi connectivity index (χ1) is 11.5. The third-order valence-electron chi connectivity index (χ3n) is 4.88. The molecule has 2 saturated heterocycles. The van der Waals surface area contributed by atoms with Crippen molar-refractivity contribution in [2.75, 3.05) is 31.6 Å². The number of ether oxygens (including phenoxy) is 1. The first kappa shape index (κ1) is 16.6. The zero-order valence-corrected chi connectivity index (χ0v) is 14.5. The lowest BCUT2D eigenvalue weighted by atomic mass is 10.0. The fraction of sp³-hybridized carbons (Fsp3) is 0.556. The van der Waals surface area contributed by atoms with Gasteiger partial charge in [-0.2, -0.15) is 0 Å². The second kappa shape index (κ2) is 6.71. The van der Waals surface area contributed by atoms with E-state index in [0.29, 0.717) is 6.54 Å². The molecule has 2 heterocycles. The predicted octanol–water partition coefficient (Wildman–Crippen LogP) is 2.10. The maximum atomic E-state index is 12.4. The molecule has 0 saturated carbocycles. The number of hydrogen-bond donors (Lipinski definition) is 1. The molecule has 24 heavy (non-hydrogen) atoms. The number of para-hydroxylation sites is 2. The van der Waals surface area contributed by atoms with Crippen LogP contribution in [0.15, 0.2) is 24.3 Å². The number of nitrogens with one attached hydrogen (secondary N) is 1. The molecular weight excluding hydrogens is 306 g/mol. The number of benzene rings is 1. The number of urea groups is 1. The first-order valence-corrected chi connectivity index (χ1v) is 8.51. The topological polar surface area (TPSA) is 61.9 Å². The van der Waals surface area contributed by atoms with Gasteiger partial charge in [0.1, 0.15) is 11.8 Å². The molecule has 0 bridgehead atoms. The lowest BCUT2D eigenvalue weighted by Crippen LogP contribution is -2.37. The van der Waals surface area contributed by atoms with E-state index in [0.717, 1.165) is 30.9 Å². The number of hydrogen-bond acceptors (Lipinski definition) is 4. The van der Waals surface area contributed by atoms with Gasteiger partial charge in [-0.15, -0.1) is 0 Å². The quantitative estimate of drug-likeness (QED) is 0.840. The molecule has 0 aromatic heterocycles. The molecule has 2 atom stereocenters. The molecule has 0 aliphatic carbocycles. The van der Waals surface area contributed by atoms with E-state index in [1.165, 1.54) is 4.90 Å². The number of carbonyl (C=O) groups excluding carboxylic acids is 2. The van der Waals surface area contributed by atoms with Crippen molar-refractivity contribution in [2.45, 2.75) is 26.3 Å². The van der Waals surface area contributed by atoms with Gasteiger partial charge >= 0.3 is 6.03 Å². The van der Waals surface area contributed by atoms with Crippen LogP contribution >= 0.6 is 0 Å². The highest BCUT2D eigenvalue weighted by Crippen LogP contribution is 2.32. The van der Waals surface area contributed by atoms with Gasteiger partial charge < -0.3 is 15.0 Å². The predicted molar refractivity (Wildman–Crippen MR) is 92.2 cm³/mol. The molecule has 3 rings (SSSR count). The molecule has 1 aromatic carbocycles. The van der Waals surface area contributed by atoms with Crippen molar-refractivity contribution in [1.82, 2.24) is 10.2 Å². The van der Waals surface area contributed by atoms with Crippen LogP contribution in [0.1, 0.15) is 20.3 Å². The highest BCUT2D eigenvalue weighted by atomic mass is 16.5. The minimum Gasteiger partial charge on any atom is -0.495 e. The number of imide groups is 1. The molecule has 3 amide bonds. The summed E-state index contributed by atoms with van der Waals surface area (Å²) in [5, 5.41) is 2.79. The van der Waals surface area contributed by atoms with Gasteiger partial charge in [-0.3, -0.25) is 9.69 Å². The van der Waals surface area contributed by atoms with Gasteiger partial charge in [0.15, 0.2) is 0 Å². The van der Waals surface area contributed by atoms with Gasteiger partial charge in [0.05, 0.1) is 12.8 Å². The number of rotatable bonds is 5. The normalized spacial score (nSPS) is 24.0. The number of anilines is 1. The number of carbonyl (C=O) groups is 2. The zero-order chi connectivity index (χ0) is 17.3. The van der Waals surface area contributed by atoms with Crippen LogP contribution in [0, 0.1) is 11.8 Å². The smallest absolute Gasteiger partial charge is 0.324 e. The van der Waals surface area contributed by atoms with Crippen molar-refractivity contribution in [2.24, 2.45) is 11.8 Å². The van der Waals surface area contributed by atoms with Crippen molar-refractivity contribution >= 4 is 17.6 Å². The summed E-state index contributed by atoms with van der Waals surface area (Å²) >= 11 is 0. The Morgan fingerprint density at radius 2 is 2.04 bits per heavy atom. The van der Waals surface area contributed by atoms with Crippen molar-refractivity contribution in [3.05, 3.63) is 24.3 Å². The molecule has 1 N–H and O–H groups in total. The van der Waals surface area contributed by atoms with Gasteiger partial charge in [-0.25, -0.2) is 4.79 Å².